The van der Waals surface area contributed by atoms with Crippen LogP contribution in [0.1, 0.15) is 13.8 Å². The fourth-order valence-electron chi connectivity index (χ4n) is 1.99. The summed E-state index contributed by atoms with van der Waals surface area (Å²) in [6.07, 6.45) is 0. The number of rotatable bonds is 5. The number of benzene rings is 1. The standard InChI is InChI=1S/C14H19N5O/c1-3-19(4-2)12(20)9-16-14-13(15)17-10-7-5-6-8-11(10)18-14/h5-8H,3-4,9H2,1-2H3,(H2,15,17)(H,16,18). The van der Waals surface area contributed by atoms with Crippen LogP contribution < -0.4 is 11.1 Å². The van der Waals surface area contributed by atoms with Crippen molar-refractivity contribution in [3.8, 4) is 0 Å². The maximum Gasteiger partial charge on any atom is 0.241 e. The number of hydrogen-bond donors (Lipinski definition) is 2. The molecule has 0 aliphatic heterocycles. The first-order valence-corrected chi connectivity index (χ1v) is 6.69. The molecule has 1 aromatic carbocycles. The Bertz CT molecular complexity index is 610. The summed E-state index contributed by atoms with van der Waals surface area (Å²) in [4.78, 5) is 22.3. The Kier molecular flexibility index (Phi) is 4.34. The second-order valence-corrected chi connectivity index (χ2v) is 4.37. The third kappa shape index (κ3) is 2.96. The van der Waals surface area contributed by atoms with E-state index in [1.807, 2.05) is 38.1 Å². The highest BCUT2D eigenvalue weighted by molar-refractivity contribution is 5.83. The van der Waals surface area contributed by atoms with Crippen molar-refractivity contribution >= 4 is 28.6 Å². The van der Waals surface area contributed by atoms with E-state index in [9.17, 15) is 4.79 Å². The monoisotopic (exact) mass is 273 g/mol. The molecule has 0 aliphatic carbocycles. The van der Waals surface area contributed by atoms with Crippen LogP contribution in [-0.4, -0.2) is 40.4 Å². The summed E-state index contributed by atoms with van der Waals surface area (Å²) in [5.74, 6) is 0.768. The number of nitrogen functional groups attached to an aromatic ring is 1. The van der Waals surface area contributed by atoms with Gasteiger partial charge in [0, 0.05) is 13.1 Å². The predicted molar refractivity (Wildman–Crippen MR) is 80.4 cm³/mol. The molecule has 6 nitrogen and oxygen atoms in total. The Morgan fingerprint density at radius 3 is 2.40 bits per heavy atom. The third-order valence-electron chi connectivity index (χ3n) is 3.12. The zero-order chi connectivity index (χ0) is 14.5. The van der Waals surface area contributed by atoms with Gasteiger partial charge < -0.3 is 16.0 Å². The number of anilines is 2. The van der Waals surface area contributed by atoms with Crippen LogP contribution in [-0.2, 0) is 4.79 Å². The van der Waals surface area contributed by atoms with Crippen LogP contribution in [0, 0.1) is 0 Å². The Morgan fingerprint density at radius 2 is 1.80 bits per heavy atom. The van der Waals surface area contributed by atoms with Gasteiger partial charge in [-0.3, -0.25) is 4.79 Å². The number of hydrogen-bond acceptors (Lipinski definition) is 5. The van der Waals surface area contributed by atoms with Crippen LogP contribution in [0.15, 0.2) is 24.3 Å². The fraction of sp³-hybridized carbons (Fsp3) is 0.357. The molecule has 2 rings (SSSR count). The SMILES string of the molecule is CCN(CC)C(=O)CNc1nc2ccccc2nc1N. The molecule has 0 unspecified atom stereocenters. The molecule has 0 saturated heterocycles. The number of likely N-dealkylation sites (N-methyl/N-ethyl adjacent to an activating group) is 1. The van der Waals surface area contributed by atoms with E-state index in [0.717, 1.165) is 11.0 Å². The molecule has 0 saturated carbocycles. The predicted octanol–water partition coefficient (Wildman–Crippen LogP) is 1.49. The smallest absolute Gasteiger partial charge is 0.241 e. The minimum atomic E-state index is 0.0179. The molecule has 0 bridgehead atoms. The van der Waals surface area contributed by atoms with E-state index in [0.29, 0.717) is 24.7 Å². The molecule has 1 amide bonds. The largest absolute Gasteiger partial charge is 0.381 e. The lowest BCUT2D eigenvalue weighted by molar-refractivity contribution is -0.128. The number of nitrogens with zero attached hydrogens (tertiary/aromatic N) is 3. The Labute approximate surface area is 118 Å². The van der Waals surface area contributed by atoms with E-state index in [-0.39, 0.29) is 12.5 Å². The van der Waals surface area contributed by atoms with E-state index in [2.05, 4.69) is 15.3 Å². The molecule has 0 radical (unpaired) electrons. The zero-order valence-electron chi connectivity index (χ0n) is 11.8. The van der Waals surface area contributed by atoms with Gasteiger partial charge in [0.05, 0.1) is 17.6 Å². The van der Waals surface area contributed by atoms with Crippen molar-refractivity contribution in [3.63, 3.8) is 0 Å². The quantitative estimate of drug-likeness (QED) is 0.862. The van der Waals surface area contributed by atoms with Crippen LogP contribution in [0.2, 0.25) is 0 Å². The van der Waals surface area contributed by atoms with Crippen LogP contribution in [0.3, 0.4) is 0 Å². The van der Waals surface area contributed by atoms with E-state index in [1.54, 1.807) is 4.90 Å². The lowest BCUT2D eigenvalue weighted by atomic mass is 10.3. The topological polar surface area (TPSA) is 84.1 Å². The second-order valence-electron chi connectivity index (χ2n) is 4.37. The second kappa shape index (κ2) is 6.18. The Hall–Kier alpha value is -2.37. The first kappa shape index (κ1) is 14.0. The van der Waals surface area contributed by atoms with E-state index in [1.165, 1.54) is 0 Å². The van der Waals surface area contributed by atoms with Crippen molar-refractivity contribution in [1.29, 1.82) is 0 Å². The molecular weight excluding hydrogens is 254 g/mol. The summed E-state index contributed by atoms with van der Waals surface area (Å²) in [6.45, 7) is 5.45. The summed E-state index contributed by atoms with van der Waals surface area (Å²) in [7, 11) is 0. The summed E-state index contributed by atoms with van der Waals surface area (Å²) in [5, 5.41) is 2.96. The summed E-state index contributed by atoms with van der Waals surface area (Å²) < 4.78 is 0. The van der Waals surface area contributed by atoms with Crippen molar-refractivity contribution in [2.45, 2.75) is 13.8 Å². The molecule has 1 heterocycles. The van der Waals surface area contributed by atoms with Gasteiger partial charge in [-0.2, -0.15) is 0 Å². The Morgan fingerprint density at radius 1 is 1.20 bits per heavy atom. The van der Waals surface area contributed by atoms with Gasteiger partial charge in [-0.05, 0) is 26.0 Å². The van der Waals surface area contributed by atoms with Gasteiger partial charge >= 0.3 is 0 Å². The minimum absolute atomic E-state index is 0.0179. The molecule has 0 atom stereocenters. The third-order valence-corrected chi connectivity index (χ3v) is 3.12. The number of aromatic nitrogens is 2. The minimum Gasteiger partial charge on any atom is -0.381 e. The van der Waals surface area contributed by atoms with Gasteiger partial charge in [-0.1, -0.05) is 12.1 Å². The van der Waals surface area contributed by atoms with Crippen molar-refractivity contribution < 1.29 is 4.79 Å². The number of carbonyl (C=O) groups excluding carboxylic acids is 1. The van der Waals surface area contributed by atoms with Gasteiger partial charge in [0.25, 0.3) is 0 Å². The first-order chi connectivity index (χ1) is 9.65. The molecule has 0 aliphatic rings. The van der Waals surface area contributed by atoms with Crippen molar-refractivity contribution in [2.75, 3.05) is 30.7 Å². The van der Waals surface area contributed by atoms with Crippen LogP contribution in [0.5, 0.6) is 0 Å². The van der Waals surface area contributed by atoms with Crippen LogP contribution >= 0.6 is 0 Å². The number of nitrogens with one attached hydrogen (secondary N) is 1. The lowest BCUT2D eigenvalue weighted by Crippen LogP contribution is -2.35. The number of para-hydroxylation sites is 2. The van der Waals surface area contributed by atoms with Crippen molar-refractivity contribution in [1.82, 2.24) is 14.9 Å². The number of amides is 1. The molecule has 106 valence electrons. The highest BCUT2D eigenvalue weighted by atomic mass is 16.2. The highest BCUT2D eigenvalue weighted by Gasteiger charge is 2.11. The van der Waals surface area contributed by atoms with Crippen LogP contribution in [0.4, 0.5) is 11.6 Å². The maximum atomic E-state index is 11.9. The molecule has 20 heavy (non-hydrogen) atoms. The molecule has 0 fully saturated rings. The summed E-state index contributed by atoms with van der Waals surface area (Å²) in [5.41, 5.74) is 7.34. The van der Waals surface area contributed by atoms with E-state index in [4.69, 9.17) is 5.73 Å². The van der Waals surface area contributed by atoms with Crippen LogP contribution in [0.25, 0.3) is 11.0 Å². The van der Waals surface area contributed by atoms with E-state index < -0.39 is 0 Å². The number of nitrogens with two attached hydrogens (primary N) is 1. The maximum absolute atomic E-state index is 11.9. The molecule has 2 aromatic rings. The molecule has 0 spiro atoms. The molecule has 6 heteroatoms. The number of carbonyl (C=O) groups is 1. The van der Waals surface area contributed by atoms with Gasteiger partial charge in [-0.15, -0.1) is 0 Å². The van der Waals surface area contributed by atoms with E-state index >= 15 is 0 Å². The van der Waals surface area contributed by atoms with Crippen molar-refractivity contribution in [3.05, 3.63) is 24.3 Å². The summed E-state index contributed by atoms with van der Waals surface area (Å²) in [6, 6.07) is 7.48. The van der Waals surface area contributed by atoms with Gasteiger partial charge in [0.1, 0.15) is 0 Å². The van der Waals surface area contributed by atoms with Gasteiger partial charge in [-0.25, -0.2) is 9.97 Å². The zero-order valence-corrected chi connectivity index (χ0v) is 11.8. The normalized spacial score (nSPS) is 10.5. The van der Waals surface area contributed by atoms with Crippen molar-refractivity contribution in [2.24, 2.45) is 0 Å². The number of fused-ring (bicyclic) bond motifs is 1. The summed E-state index contributed by atoms with van der Waals surface area (Å²) >= 11 is 0. The first-order valence-electron chi connectivity index (χ1n) is 6.69. The van der Waals surface area contributed by atoms with Gasteiger partial charge in [0.15, 0.2) is 11.6 Å². The highest BCUT2D eigenvalue weighted by Crippen LogP contribution is 2.17. The lowest BCUT2D eigenvalue weighted by Gasteiger charge is -2.19. The Balaban J connectivity index is 2.13. The molecule has 3 N–H and O–H groups in total. The average molecular weight is 273 g/mol. The molecular formula is C14H19N5O. The average Bonchev–Trinajstić information content (AvgIpc) is 2.46. The fourth-order valence-corrected chi connectivity index (χ4v) is 1.99. The van der Waals surface area contributed by atoms with Gasteiger partial charge in [0.2, 0.25) is 5.91 Å². The molecule has 1 aromatic heterocycles.